The molecule has 0 N–H and O–H groups in total. The molecule has 0 aliphatic heterocycles. The first-order valence-electron chi connectivity index (χ1n) is 8.85. The SMILES string of the molecule is O=c1c2c(nc(SCc3ccccc3Cl)n1Cc1ccc(F)cc1)CCC2. The Morgan fingerprint density at radius 1 is 1.11 bits per heavy atom. The van der Waals surface area contributed by atoms with Gasteiger partial charge in [-0.3, -0.25) is 9.36 Å². The van der Waals surface area contributed by atoms with Gasteiger partial charge in [-0.25, -0.2) is 9.37 Å². The van der Waals surface area contributed by atoms with Crippen molar-refractivity contribution in [2.75, 3.05) is 0 Å². The number of thioether (sulfide) groups is 1. The molecule has 138 valence electrons. The Hall–Kier alpha value is -2.11. The van der Waals surface area contributed by atoms with Crippen LogP contribution in [0.2, 0.25) is 5.02 Å². The fraction of sp³-hybridized carbons (Fsp3) is 0.238. The van der Waals surface area contributed by atoms with Crippen LogP contribution in [0.4, 0.5) is 4.39 Å². The molecular weight excluding hydrogens is 383 g/mol. The summed E-state index contributed by atoms with van der Waals surface area (Å²) in [5.74, 6) is 0.348. The van der Waals surface area contributed by atoms with Crippen molar-refractivity contribution in [1.82, 2.24) is 9.55 Å². The van der Waals surface area contributed by atoms with E-state index in [-0.39, 0.29) is 11.4 Å². The van der Waals surface area contributed by atoms with E-state index >= 15 is 0 Å². The number of halogens is 2. The van der Waals surface area contributed by atoms with Gasteiger partial charge in [-0.05, 0) is 48.6 Å². The zero-order valence-electron chi connectivity index (χ0n) is 14.6. The van der Waals surface area contributed by atoms with E-state index in [4.69, 9.17) is 16.6 Å². The topological polar surface area (TPSA) is 34.9 Å². The van der Waals surface area contributed by atoms with Gasteiger partial charge in [0.15, 0.2) is 5.16 Å². The third-order valence-electron chi connectivity index (χ3n) is 4.72. The summed E-state index contributed by atoms with van der Waals surface area (Å²) in [5.41, 5.74) is 3.63. The van der Waals surface area contributed by atoms with Gasteiger partial charge in [-0.2, -0.15) is 0 Å². The maximum atomic E-state index is 13.2. The minimum Gasteiger partial charge on any atom is -0.283 e. The van der Waals surface area contributed by atoms with Crippen LogP contribution in [0.3, 0.4) is 0 Å². The van der Waals surface area contributed by atoms with Crippen LogP contribution in [0.5, 0.6) is 0 Å². The van der Waals surface area contributed by atoms with Crippen molar-refractivity contribution in [2.45, 2.75) is 36.7 Å². The lowest BCUT2D eigenvalue weighted by Crippen LogP contribution is -2.27. The van der Waals surface area contributed by atoms with Crippen molar-refractivity contribution in [2.24, 2.45) is 0 Å². The van der Waals surface area contributed by atoms with Gasteiger partial charge in [0, 0.05) is 16.3 Å². The number of aromatic nitrogens is 2. The highest BCUT2D eigenvalue weighted by Crippen LogP contribution is 2.27. The summed E-state index contributed by atoms with van der Waals surface area (Å²) in [6.45, 7) is 0.379. The van der Waals surface area contributed by atoms with E-state index in [1.54, 1.807) is 16.7 Å². The van der Waals surface area contributed by atoms with Crippen LogP contribution in [-0.4, -0.2) is 9.55 Å². The molecule has 1 aliphatic rings. The minimum absolute atomic E-state index is 0.0171. The molecule has 1 heterocycles. The summed E-state index contributed by atoms with van der Waals surface area (Å²) in [5, 5.41) is 1.39. The summed E-state index contributed by atoms with van der Waals surface area (Å²) in [6.07, 6.45) is 2.59. The molecule has 0 bridgehead atoms. The van der Waals surface area contributed by atoms with Gasteiger partial charge in [-0.15, -0.1) is 0 Å². The number of hydrogen-bond acceptors (Lipinski definition) is 3. The Bertz CT molecular complexity index is 1030. The molecule has 6 heteroatoms. The molecule has 3 aromatic rings. The summed E-state index contributed by atoms with van der Waals surface area (Å²) < 4.78 is 14.9. The molecule has 0 amide bonds. The number of hydrogen-bond donors (Lipinski definition) is 0. The highest BCUT2D eigenvalue weighted by atomic mass is 35.5. The van der Waals surface area contributed by atoms with Crippen molar-refractivity contribution in [3.63, 3.8) is 0 Å². The molecule has 0 saturated heterocycles. The molecule has 1 aromatic heterocycles. The molecular formula is C21H18ClFN2OS. The lowest BCUT2D eigenvalue weighted by molar-refractivity contribution is 0.617. The predicted octanol–water partition coefficient (Wildman–Crippen LogP) is 4.87. The van der Waals surface area contributed by atoms with Gasteiger partial charge < -0.3 is 0 Å². The highest BCUT2D eigenvalue weighted by Gasteiger charge is 2.21. The van der Waals surface area contributed by atoms with Crippen molar-refractivity contribution in [3.05, 3.63) is 92.1 Å². The van der Waals surface area contributed by atoms with E-state index in [1.165, 1.54) is 23.9 Å². The Kier molecular flexibility index (Phi) is 5.32. The molecule has 0 radical (unpaired) electrons. The van der Waals surface area contributed by atoms with Crippen LogP contribution in [0.1, 0.15) is 28.8 Å². The van der Waals surface area contributed by atoms with Crippen LogP contribution in [0.15, 0.2) is 58.5 Å². The minimum atomic E-state index is -0.286. The normalized spacial score (nSPS) is 13.0. The van der Waals surface area contributed by atoms with E-state index in [2.05, 4.69) is 0 Å². The molecule has 0 saturated carbocycles. The van der Waals surface area contributed by atoms with Gasteiger partial charge in [-0.1, -0.05) is 53.7 Å². The van der Waals surface area contributed by atoms with E-state index in [9.17, 15) is 9.18 Å². The summed E-state index contributed by atoms with van der Waals surface area (Å²) in [7, 11) is 0. The maximum Gasteiger partial charge on any atom is 0.257 e. The van der Waals surface area contributed by atoms with Crippen molar-refractivity contribution < 1.29 is 4.39 Å². The molecule has 27 heavy (non-hydrogen) atoms. The van der Waals surface area contributed by atoms with E-state index in [0.29, 0.717) is 22.5 Å². The van der Waals surface area contributed by atoms with Crippen LogP contribution < -0.4 is 5.56 Å². The Morgan fingerprint density at radius 2 is 1.89 bits per heavy atom. The second-order valence-corrected chi connectivity index (χ2v) is 7.92. The standard InChI is InChI=1S/C21H18ClFN2OS/c22-18-6-2-1-4-15(18)13-27-21-24-19-7-3-5-17(19)20(26)25(21)12-14-8-10-16(23)11-9-14/h1-2,4,6,8-11H,3,5,7,12-13H2. The number of aryl methyl sites for hydroxylation is 1. The lowest BCUT2D eigenvalue weighted by atomic mass is 10.2. The fourth-order valence-electron chi connectivity index (χ4n) is 3.29. The zero-order chi connectivity index (χ0) is 18.8. The third kappa shape index (κ3) is 3.94. The number of fused-ring (bicyclic) bond motifs is 1. The zero-order valence-corrected chi connectivity index (χ0v) is 16.2. The number of benzene rings is 2. The van der Waals surface area contributed by atoms with E-state index in [0.717, 1.165) is 41.6 Å². The van der Waals surface area contributed by atoms with Gasteiger partial charge in [0.2, 0.25) is 0 Å². The molecule has 0 fully saturated rings. The number of nitrogens with zero attached hydrogens (tertiary/aromatic N) is 2. The van der Waals surface area contributed by atoms with Gasteiger partial charge in [0.25, 0.3) is 5.56 Å². The molecule has 1 aliphatic carbocycles. The molecule has 3 nitrogen and oxygen atoms in total. The molecule has 4 rings (SSSR count). The number of rotatable bonds is 5. The largest absolute Gasteiger partial charge is 0.283 e. The Labute approximate surface area is 166 Å². The quantitative estimate of drug-likeness (QED) is 0.453. The molecule has 0 atom stereocenters. The predicted molar refractivity (Wildman–Crippen MR) is 107 cm³/mol. The molecule has 2 aromatic carbocycles. The highest BCUT2D eigenvalue weighted by molar-refractivity contribution is 7.98. The van der Waals surface area contributed by atoms with E-state index in [1.807, 2.05) is 24.3 Å². The second-order valence-electron chi connectivity index (χ2n) is 6.57. The average molecular weight is 401 g/mol. The third-order valence-corrected chi connectivity index (χ3v) is 6.12. The first-order valence-corrected chi connectivity index (χ1v) is 10.2. The smallest absolute Gasteiger partial charge is 0.257 e. The molecule has 0 spiro atoms. The first-order chi connectivity index (χ1) is 13.1. The van der Waals surface area contributed by atoms with Crippen molar-refractivity contribution >= 4 is 23.4 Å². The van der Waals surface area contributed by atoms with Crippen LogP contribution in [-0.2, 0) is 25.1 Å². The van der Waals surface area contributed by atoms with Crippen LogP contribution in [0.25, 0.3) is 0 Å². The molecule has 0 unspecified atom stereocenters. The maximum absolute atomic E-state index is 13.2. The first kappa shape index (κ1) is 18.3. The summed E-state index contributed by atoms with van der Waals surface area (Å²) in [6, 6.07) is 13.9. The summed E-state index contributed by atoms with van der Waals surface area (Å²) >= 11 is 7.77. The van der Waals surface area contributed by atoms with Crippen LogP contribution in [0, 0.1) is 5.82 Å². The Morgan fingerprint density at radius 3 is 2.67 bits per heavy atom. The Balaban J connectivity index is 1.69. The van der Waals surface area contributed by atoms with Crippen molar-refractivity contribution in [3.8, 4) is 0 Å². The fourth-order valence-corrected chi connectivity index (χ4v) is 4.58. The van der Waals surface area contributed by atoms with Crippen LogP contribution >= 0.6 is 23.4 Å². The van der Waals surface area contributed by atoms with Gasteiger partial charge in [0.1, 0.15) is 5.82 Å². The van der Waals surface area contributed by atoms with E-state index < -0.39 is 0 Å². The second kappa shape index (κ2) is 7.87. The monoisotopic (exact) mass is 400 g/mol. The van der Waals surface area contributed by atoms with Gasteiger partial charge >= 0.3 is 0 Å². The lowest BCUT2D eigenvalue weighted by Gasteiger charge is -2.14. The van der Waals surface area contributed by atoms with Gasteiger partial charge in [0.05, 0.1) is 12.2 Å². The van der Waals surface area contributed by atoms with Crippen molar-refractivity contribution in [1.29, 1.82) is 0 Å². The average Bonchev–Trinajstić information content (AvgIpc) is 3.14. The summed E-state index contributed by atoms with van der Waals surface area (Å²) in [4.78, 5) is 17.8.